The lowest BCUT2D eigenvalue weighted by Crippen LogP contribution is -2.34. The minimum absolute atomic E-state index is 0.00389. The minimum atomic E-state index is -4.17. The molecule has 2 atom stereocenters. The number of rotatable bonds is 15. The number of methoxy groups -OCH3 is 1. The molecule has 1 aliphatic heterocycles. The summed E-state index contributed by atoms with van der Waals surface area (Å²) in [5, 5.41) is -0.00389. The van der Waals surface area contributed by atoms with Crippen molar-refractivity contribution in [3.05, 3.63) is 0 Å². The second kappa shape index (κ2) is 14.6. The van der Waals surface area contributed by atoms with Gasteiger partial charge < -0.3 is 14.4 Å². The van der Waals surface area contributed by atoms with Crippen LogP contribution in [0.15, 0.2) is 0 Å². The maximum Gasteiger partial charge on any atom is 0.389 e. The van der Waals surface area contributed by atoms with Gasteiger partial charge in [-0.2, -0.15) is 13.2 Å². The van der Waals surface area contributed by atoms with Crippen molar-refractivity contribution in [3.63, 3.8) is 0 Å². The number of unbranched alkanes of at least 4 members (excludes halogenated alkanes) is 4. The Morgan fingerprint density at radius 2 is 1.84 bits per heavy atom. The van der Waals surface area contributed by atoms with Gasteiger partial charge in [0.1, 0.15) is 6.10 Å². The normalized spacial score (nSPS) is 17.6. The van der Waals surface area contributed by atoms with E-state index in [1.54, 1.807) is 11.8 Å². The van der Waals surface area contributed by atoms with Gasteiger partial charge in [0.25, 0.3) is 0 Å². The molecule has 0 radical (unpaired) electrons. The Labute approximate surface area is 186 Å². The van der Waals surface area contributed by atoms with E-state index in [1.165, 1.54) is 14.0 Å². The lowest BCUT2D eigenvalue weighted by atomic mass is 10.1. The van der Waals surface area contributed by atoms with Crippen LogP contribution in [0.25, 0.3) is 0 Å². The van der Waals surface area contributed by atoms with Crippen LogP contribution in [-0.2, 0) is 23.9 Å². The molecule has 1 saturated heterocycles. The molecule has 0 saturated carbocycles. The van der Waals surface area contributed by atoms with Gasteiger partial charge in [-0.1, -0.05) is 12.8 Å². The van der Waals surface area contributed by atoms with Gasteiger partial charge in [-0.15, -0.1) is 11.8 Å². The smallest absolute Gasteiger partial charge is 0.389 e. The van der Waals surface area contributed by atoms with Crippen LogP contribution < -0.4 is 0 Å². The fourth-order valence-corrected chi connectivity index (χ4v) is 4.75. The minimum Gasteiger partial charge on any atom is -0.469 e. The molecule has 0 aromatic carbocycles. The third kappa shape index (κ3) is 12.9. The maximum absolute atomic E-state index is 12.3. The van der Waals surface area contributed by atoms with E-state index in [4.69, 9.17) is 4.74 Å². The molecule has 0 aliphatic carbocycles. The molecule has 1 rings (SSSR count). The Morgan fingerprint density at radius 3 is 2.48 bits per heavy atom. The number of alkyl halides is 3. The highest BCUT2D eigenvalue weighted by atomic mass is 32.2. The van der Waals surface area contributed by atoms with Crippen LogP contribution in [0.2, 0.25) is 0 Å². The number of hydrogen-bond acceptors (Lipinski definition) is 6. The van der Waals surface area contributed by atoms with E-state index in [1.807, 2.05) is 4.90 Å². The van der Waals surface area contributed by atoms with Crippen LogP contribution in [0, 0.1) is 0 Å². The highest BCUT2D eigenvalue weighted by Crippen LogP contribution is 2.30. The first-order valence-electron chi connectivity index (χ1n) is 10.8. The molecule has 180 valence electrons. The van der Waals surface area contributed by atoms with Crippen LogP contribution in [-0.4, -0.2) is 59.8 Å². The topological polar surface area (TPSA) is 72.9 Å². The third-order valence-electron chi connectivity index (χ3n) is 5.13. The van der Waals surface area contributed by atoms with Crippen molar-refractivity contribution < 1.29 is 37.0 Å². The average Bonchev–Trinajstić information content (AvgIpc) is 3.04. The standard InChI is InChI=1S/C21H34F3NO5S/c1-16(26)30-17(9-6-7-13-21(22,23)24)11-12-19-25(18(27)15-31-19)14-8-4-3-5-10-20(28)29-2/h17,19H,3-15H2,1-2H3. The average molecular weight is 470 g/mol. The van der Waals surface area contributed by atoms with E-state index in [0.29, 0.717) is 44.4 Å². The van der Waals surface area contributed by atoms with Gasteiger partial charge in [-0.05, 0) is 44.9 Å². The Kier molecular flexibility index (Phi) is 13.0. The van der Waals surface area contributed by atoms with Crippen LogP contribution in [0.1, 0.15) is 77.6 Å². The fourth-order valence-electron chi connectivity index (χ4n) is 3.54. The molecule has 1 heterocycles. The van der Waals surface area contributed by atoms with Crippen molar-refractivity contribution in [3.8, 4) is 0 Å². The van der Waals surface area contributed by atoms with Gasteiger partial charge in [0.2, 0.25) is 5.91 Å². The van der Waals surface area contributed by atoms with Crippen molar-refractivity contribution in [2.24, 2.45) is 0 Å². The maximum atomic E-state index is 12.3. The molecule has 0 aromatic rings. The molecular formula is C21H34F3NO5S. The Morgan fingerprint density at radius 1 is 1.13 bits per heavy atom. The first-order chi connectivity index (χ1) is 14.6. The first kappa shape index (κ1) is 27.6. The van der Waals surface area contributed by atoms with Crippen molar-refractivity contribution in [1.29, 1.82) is 0 Å². The third-order valence-corrected chi connectivity index (χ3v) is 6.42. The lowest BCUT2D eigenvalue weighted by molar-refractivity contribution is -0.148. The summed E-state index contributed by atoms with van der Waals surface area (Å²) in [7, 11) is 1.37. The summed E-state index contributed by atoms with van der Waals surface area (Å²) in [4.78, 5) is 36.5. The van der Waals surface area contributed by atoms with E-state index in [9.17, 15) is 27.6 Å². The number of nitrogens with zero attached hydrogens (tertiary/aromatic N) is 1. The number of carbonyl (C=O) groups is 3. The molecule has 1 aliphatic rings. The van der Waals surface area contributed by atoms with Gasteiger partial charge in [-0.25, -0.2) is 0 Å². The molecule has 0 N–H and O–H groups in total. The van der Waals surface area contributed by atoms with Crippen molar-refractivity contribution in [1.82, 2.24) is 4.90 Å². The second-order valence-electron chi connectivity index (χ2n) is 7.76. The van der Waals surface area contributed by atoms with E-state index in [2.05, 4.69) is 4.74 Å². The summed E-state index contributed by atoms with van der Waals surface area (Å²) in [6.07, 6.45) is 0.269. The summed E-state index contributed by atoms with van der Waals surface area (Å²) >= 11 is 1.55. The van der Waals surface area contributed by atoms with Crippen LogP contribution >= 0.6 is 11.8 Å². The number of carbonyl (C=O) groups excluding carboxylic acids is 3. The zero-order chi connectivity index (χ0) is 23.3. The van der Waals surface area contributed by atoms with E-state index < -0.39 is 24.7 Å². The van der Waals surface area contributed by atoms with Gasteiger partial charge >= 0.3 is 18.1 Å². The molecule has 2 unspecified atom stereocenters. The molecule has 31 heavy (non-hydrogen) atoms. The monoisotopic (exact) mass is 469 g/mol. The molecular weight excluding hydrogens is 435 g/mol. The molecule has 6 nitrogen and oxygen atoms in total. The van der Waals surface area contributed by atoms with Gasteiger partial charge in [-0.3, -0.25) is 14.4 Å². The fraction of sp³-hybridized carbons (Fsp3) is 0.857. The van der Waals surface area contributed by atoms with Gasteiger partial charge in [0.15, 0.2) is 0 Å². The zero-order valence-electron chi connectivity index (χ0n) is 18.4. The number of amides is 1. The molecule has 1 fully saturated rings. The number of hydrogen-bond donors (Lipinski definition) is 0. The molecule has 1 amide bonds. The Bertz CT molecular complexity index is 574. The quantitative estimate of drug-likeness (QED) is 0.252. The molecule has 0 spiro atoms. The van der Waals surface area contributed by atoms with Crippen molar-refractivity contribution >= 4 is 29.6 Å². The summed E-state index contributed by atoms with van der Waals surface area (Å²) in [6.45, 7) is 1.93. The highest BCUT2D eigenvalue weighted by molar-refractivity contribution is 8.00. The largest absolute Gasteiger partial charge is 0.469 e. The van der Waals surface area contributed by atoms with E-state index >= 15 is 0 Å². The van der Waals surface area contributed by atoms with Crippen molar-refractivity contribution in [2.75, 3.05) is 19.4 Å². The van der Waals surface area contributed by atoms with E-state index in [-0.39, 0.29) is 23.7 Å². The van der Waals surface area contributed by atoms with Crippen LogP contribution in [0.3, 0.4) is 0 Å². The lowest BCUT2D eigenvalue weighted by Gasteiger charge is -2.26. The zero-order valence-corrected chi connectivity index (χ0v) is 19.2. The number of halogens is 3. The number of ether oxygens (including phenoxy) is 2. The molecule has 0 bridgehead atoms. The van der Waals surface area contributed by atoms with Gasteiger partial charge in [0.05, 0.1) is 18.2 Å². The summed E-state index contributed by atoms with van der Waals surface area (Å²) in [5.74, 6) is -0.165. The SMILES string of the molecule is COC(=O)CCCCCCN1C(=O)CSC1CCC(CCCCC(F)(F)F)OC(C)=O. The number of esters is 2. The van der Waals surface area contributed by atoms with Crippen LogP contribution in [0.4, 0.5) is 13.2 Å². The Hall–Kier alpha value is -1.45. The predicted octanol–water partition coefficient (Wildman–Crippen LogP) is 4.85. The van der Waals surface area contributed by atoms with E-state index in [0.717, 1.165) is 25.7 Å². The summed E-state index contributed by atoms with van der Waals surface area (Å²) < 4.78 is 46.8. The first-order valence-corrected chi connectivity index (χ1v) is 11.9. The summed E-state index contributed by atoms with van der Waals surface area (Å²) in [6, 6.07) is 0. The molecule has 0 aromatic heterocycles. The molecule has 10 heteroatoms. The summed E-state index contributed by atoms with van der Waals surface area (Å²) in [5.41, 5.74) is 0. The highest BCUT2D eigenvalue weighted by Gasteiger charge is 2.32. The Balaban J connectivity index is 2.37. The van der Waals surface area contributed by atoms with Crippen molar-refractivity contribution in [2.45, 2.75) is 95.2 Å². The second-order valence-corrected chi connectivity index (χ2v) is 8.93. The van der Waals surface area contributed by atoms with Crippen LogP contribution in [0.5, 0.6) is 0 Å². The predicted molar refractivity (Wildman–Crippen MR) is 112 cm³/mol. The number of thioether (sulfide) groups is 1. The van der Waals surface area contributed by atoms with Gasteiger partial charge in [0, 0.05) is 26.3 Å².